The fourth-order valence-corrected chi connectivity index (χ4v) is 6.37. The van der Waals surface area contributed by atoms with Crippen LogP contribution < -0.4 is 5.32 Å². The highest BCUT2D eigenvalue weighted by atomic mass is 16.4. The average Bonchev–Trinajstić information content (AvgIpc) is 3.32. The van der Waals surface area contributed by atoms with E-state index in [4.69, 9.17) is 0 Å². The van der Waals surface area contributed by atoms with Crippen LogP contribution in [-0.2, 0) is 13.0 Å². The molecule has 0 unspecified atom stereocenters. The van der Waals surface area contributed by atoms with Gasteiger partial charge in [0.15, 0.2) is 0 Å². The summed E-state index contributed by atoms with van der Waals surface area (Å²) in [6.45, 7) is 9.26. The van der Waals surface area contributed by atoms with Crippen LogP contribution in [0.4, 0.5) is 0 Å². The highest BCUT2D eigenvalue weighted by molar-refractivity contribution is 5.99. The van der Waals surface area contributed by atoms with E-state index in [-0.39, 0.29) is 11.9 Å². The van der Waals surface area contributed by atoms with E-state index in [1.807, 2.05) is 60.7 Å². The van der Waals surface area contributed by atoms with Crippen molar-refractivity contribution < 1.29 is 14.7 Å². The standard InChI is InChI=1S/C42H40N2O3/c1-27(2)33-13-10-14-34(24-33)39(23-30-11-6-5-7-12-30)43-41(45)35-21-22-40-38(25-35)28(3)29(4)44(40)26-31-17-19-32(20-18-31)36-15-8-9-16-37(36)42(46)47/h5-22,24-25,27,39H,23,26H2,1-4H3,(H,43,45)(H,46,47)/t39-/m0/s1. The smallest absolute Gasteiger partial charge is 0.336 e. The number of hydrogen-bond acceptors (Lipinski definition) is 2. The normalized spacial score (nSPS) is 11.9. The molecule has 0 saturated carbocycles. The first kappa shape index (κ1) is 31.6. The minimum atomic E-state index is -0.935. The van der Waals surface area contributed by atoms with Gasteiger partial charge in [-0.1, -0.05) is 111 Å². The monoisotopic (exact) mass is 620 g/mol. The SMILES string of the molecule is Cc1c(C)n(Cc2ccc(-c3ccccc3C(=O)O)cc2)c2ccc(C(=O)N[C@@H](Cc3ccccc3)c3cccc(C(C)C)c3)cc12. The third kappa shape index (κ3) is 6.75. The van der Waals surface area contributed by atoms with Gasteiger partial charge in [0.2, 0.25) is 0 Å². The summed E-state index contributed by atoms with van der Waals surface area (Å²) in [6, 6.07) is 39.8. The minimum Gasteiger partial charge on any atom is -0.478 e. The van der Waals surface area contributed by atoms with Crippen LogP contribution in [0, 0.1) is 13.8 Å². The predicted octanol–water partition coefficient (Wildman–Crippen LogP) is 9.51. The van der Waals surface area contributed by atoms with E-state index in [1.54, 1.807) is 12.1 Å². The molecule has 0 aliphatic carbocycles. The molecule has 5 nitrogen and oxygen atoms in total. The number of rotatable bonds is 10. The van der Waals surface area contributed by atoms with Crippen molar-refractivity contribution in [2.75, 3.05) is 0 Å². The summed E-state index contributed by atoms with van der Waals surface area (Å²) in [4.78, 5) is 25.6. The van der Waals surface area contributed by atoms with Gasteiger partial charge in [0.1, 0.15) is 0 Å². The van der Waals surface area contributed by atoms with Gasteiger partial charge >= 0.3 is 5.97 Å². The number of nitrogens with one attached hydrogen (secondary N) is 1. The van der Waals surface area contributed by atoms with Crippen LogP contribution in [0.25, 0.3) is 22.0 Å². The lowest BCUT2D eigenvalue weighted by Crippen LogP contribution is -2.30. The first-order valence-corrected chi connectivity index (χ1v) is 16.2. The van der Waals surface area contributed by atoms with Crippen LogP contribution in [-0.4, -0.2) is 21.6 Å². The minimum absolute atomic E-state index is 0.0928. The number of aryl methyl sites for hydroxylation is 1. The molecule has 0 bridgehead atoms. The second kappa shape index (κ2) is 13.5. The zero-order valence-electron chi connectivity index (χ0n) is 27.3. The lowest BCUT2D eigenvalue weighted by atomic mass is 9.94. The molecule has 0 aliphatic rings. The lowest BCUT2D eigenvalue weighted by Gasteiger charge is -2.21. The Morgan fingerprint density at radius 2 is 1.45 bits per heavy atom. The molecule has 236 valence electrons. The van der Waals surface area contributed by atoms with Crippen LogP contribution in [0.2, 0.25) is 0 Å². The number of carbonyl (C=O) groups is 2. The zero-order valence-corrected chi connectivity index (χ0v) is 27.3. The summed E-state index contributed by atoms with van der Waals surface area (Å²) in [7, 11) is 0. The molecule has 0 saturated heterocycles. The Labute approximate surface area is 276 Å². The number of hydrogen-bond donors (Lipinski definition) is 2. The van der Waals surface area contributed by atoms with Crippen LogP contribution in [0.15, 0.2) is 121 Å². The van der Waals surface area contributed by atoms with Gasteiger partial charge in [-0.05, 0) is 89.4 Å². The lowest BCUT2D eigenvalue weighted by molar-refractivity contribution is 0.0697. The van der Waals surface area contributed by atoms with Crippen molar-refractivity contribution in [1.29, 1.82) is 0 Å². The van der Waals surface area contributed by atoms with Crippen molar-refractivity contribution in [3.63, 3.8) is 0 Å². The van der Waals surface area contributed by atoms with Gasteiger partial charge in [0.25, 0.3) is 5.91 Å². The Kier molecular flexibility index (Phi) is 9.08. The number of carboxylic acid groups (broad SMARTS) is 1. The fourth-order valence-electron chi connectivity index (χ4n) is 6.37. The summed E-state index contributed by atoms with van der Waals surface area (Å²) < 4.78 is 2.28. The Morgan fingerprint density at radius 1 is 0.745 bits per heavy atom. The summed E-state index contributed by atoms with van der Waals surface area (Å²) in [5.41, 5.74) is 10.5. The zero-order chi connectivity index (χ0) is 33.1. The fraction of sp³-hybridized carbons (Fsp3) is 0.190. The van der Waals surface area contributed by atoms with Crippen LogP contribution in [0.1, 0.15) is 80.0 Å². The molecule has 6 aromatic rings. The van der Waals surface area contributed by atoms with Gasteiger partial charge in [-0.15, -0.1) is 0 Å². The Balaban J connectivity index is 1.26. The van der Waals surface area contributed by atoms with Crippen molar-refractivity contribution in [3.05, 3.63) is 166 Å². The van der Waals surface area contributed by atoms with Crippen LogP contribution in [0.3, 0.4) is 0 Å². The van der Waals surface area contributed by atoms with Gasteiger partial charge in [-0.3, -0.25) is 4.79 Å². The second-order valence-electron chi connectivity index (χ2n) is 12.6. The van der Waals surface area contributed by atoms with Crippen molar-refractivity contribution >= 4 is 22.8 Å². The molecular weight excluding hydrogens is 580 g/mol. The first-order valence-electron chi connectivity index (χ1n) is 16.2. The van der Waals surface area contributed by atoms with E-state index in [0.29, 0.717) is 35.6 Å². The van der Waals surface area contributed by atoms with Gasteiger partial charge in [-0.2, -0.15) is 0 Å². The van der Waals surface area contributed by atoms with E-state index >= 15 is 0 Å². The molecule has 5 heteroatoms. The summed E-state index contributed by atoms with van der Waals surface area (Å²) in [6.07, 6.45) is 0.700. The van der Waals surface area contributed by atoms with Crippen molar-refractivity contribution in [1.82, 2.24) is 9.88 Å². The van der Waals surface area contributed by atoms with E-state index in [1.165, 1.54) is 11.1 Å². The van der Waals surface area contributed by atoms with Gasteiger partial charge < -0.3 is 15.0 Å². The Morgan fingerprint density at radius 3 is 2.17 bits per heavy atom. The average molecular weight is 621 g/mol. The number of aromatic nitrogens is 1. The molecule has 1 amide bonds. The third-order valence-electron chi connectivity index (χ3n) is 9.23. The first-order chi connectivity index (χ1) is 22.7. The molecule has 1 atom stereocenters. The number of nitrogens with zero attached hydrogens (tertiary/aromatic N) is 1. The van der Waals surface area contributed by atoms with Crippen LogP contribution >= 0.6 is 0 Å². The molecule has 1 aromatic heterocycles. The largest absolute Gasteiger partial charge is 0.478 e. The summed E-state index contributed by atoms with van der Waals surface area (Å²) >= 11 is 0. The molecule has 47 heavy (non-hydrogen) atoms. The Bertz CT molecular complexity index is 2060. The summed E-state index contributed by atoms with van der Waals surface area (Å²) in [5.74, 6) is -0.633. The van der Waals surface area contributed by atoms with Crippen molar-refractivity contribution in [2.24, 2.45) is 0 Å². The van der Waals surface area contributed by atoms with Gasteiger partial charge in [0, 0.05) is 28.7 Å². The molecule has 5 aromatic carbocycles. The molecule has 1 heterocycles. The van der Waals surface area contributed by atoms with Gasteiger partial charge in [0.05, 0.1) is 11.6 Å². The van der Waals surface area contributed by atoms with E-state index < -0.39 is 5.97 Å². The van der Waals surface area contributed by atoms with Gasteiger partial charge in [-0.25, -0.2) is 4.79 Å². The second-order valence-corrected chi connectivity index (χ2v) is 12.6. The van der Waals surface area contributed by atoms with E-state index in [9.17, 15) is 14.7 Å². The topological polar surface area (TPSA) is 71.3 Å². The predicted molar refractivity (Wildman–Crippen MR) is 190 cm³/mol. The number of fused-ring (bicyclic) bond motifs is 1. The maximum atomic E-state index is 13.8. The number of carbonyl (C=O) groups excluding carboxylic acids is 1. The number of amides is 1. The molecule has 0 radical (unpaired) electrons. The number of benzene rings is 5. The highest BCUT2D eigenvalue weighted by Gasteiger charge is 2.20. The number of aromatic carboxylic acids is 1. The molecule has 6 rings (SSSR count). The molecule has 0 fully saturated rings. The highest BCUT2D eigenvalue weighted by Crippen LogP contribution is 2.30. The maximum Gasteiger partial charge on any atom is 0.336 e. The maximum absolute atomic E-state index is 13.8. The van der Waals surface area contributed by atoms with E-state index in [2.05, 4.69) is 86.1 Å². The number of carboxylic acids is 1. The quantitative estimate of drug-likeness (QED) is 0.160. The molecular formula is C42H40N2O3. The molecule has 0 aliphatic heterocycles. The molecule has 0 spiro atoms. The molecule has 2 N–H and O–H groups in total. The van der Waals surface area contributed by atoms with E-state index in [0.717, 1.165) is 38.9 Å². The van der Waals surface area contributed by atoms with Crippen molar-refractivity contribution in [2.45, 2.75) is 52.6 Å². The third-order valence-corrected chi connectivity index (χ3v) is 9.23. The summed E-state index contributed by atoms with van der Waals surface area (Å²) in [5, 5.41) is 14.0. The van der Waals surface area contributed by atoms with Crippen LogP contribution in [0.5, 0.6) is 0 Å². The van der Waals surface area contributed by atoms with Crippen molar-refractivity contribution in [3.8, 4) is 11.1 Å². The Hall–Kier alpha value is -5.42.